The van der Waals surface area contributed by atoms with Gasteiger partial charge in [0.15, 0.2) is 17.5 Å². The lowest BCUT2D eigenvalue weighted by atomic mass is 9.97. The number of benzene rings is 8. The van der Waals surface area contributed by atoms with Crippen LogP contribution >= 0.6 is 11.3 Å². The summed E-state index contributed by atoms with van der Waals surface area (Å²) in [6.45, 7) is 0. The van der Waals surface area contributed by atoms with Crippen LogP contribution < -0.4 is 0 Å². The Morgan fingerprint density at radius 2 is 0.824 bits per heavy atom. The van der Waals surface area contributed by atoms with Crippen LogP contribution in [0.2, 0.25) is 0 Å². The summed E-state index contributed by atoms with van der Waals surface area (Å²) in [5.74, 6) is 1.94. The van der Waals surface area contributed by atoms with Crippen molar-refractivity contribution in [3.63, 3.8) is 0 Å². The highest BCUT2D eigenvalue weighted by Crippen LogP contribution is 2.46. The van der Waals surface area contributed by atoms with Gasteiger partial charge >= 0.3 is 0 Å². The third kappa shape index (κ3) is 5.16. The van der Waals surface area contributed by atoms with E-state index in [0.717, 1.165) is 22.3 Å². The lowest BCUT2D eigenvalue weighted by molar-refractivity contribution is 1.07. The number of thiophene rings is 1. The third-order valence-corrected chi connectivity index (χ3v) is 11.0. The molecule has 0 fully saturated rings. The Morgan fingerprint density at radius 3 is 1.53 bits per heavy atom. The van der Waals surface area contributed by atoms with Gasteiger partial charge < -0.3 is 0 Å². The van der Waals surface area contributed by atoms with E-state index in [4.69, 9.17) is 15.0 Å². The van der Waals surface area contributed by atoms with Crippen LogP contribution in [0, 0.1) is 0 Å². The molecule has 8 aromatic carbocycles. The Bertz CT molecular complexity index is 2880. The molecular formula is C47H29N3S. The largest absolute Gasteiger partial charge is 0.208 e. The first-order valence-electron chi connectivity index (χ1n) is 17.1. The summed E-state index contributed by atoms with van der Waals surface area (Å²) < 4.78 is 2.56. The highest BCUT2D eigenvalue weighted by atomic mass is 32.1. The second kappa shape index (κ2) is 12.1. The molecule has 0 bridgehead atoms. The number of hydrogen-bond acceptors (Lipinski definition) is 4. The second-order valence-electron chi connectivity index (χ2n) is 12.8. The van der Waals surface area contributed by atoms with Crippen molar-refractivity contribution in [1.82, 2.24) is 15.0 Å². The molecule has 0 aliphatic carbocycles. The van der Waals surface area contributed by atoms with Crippen molar-refractivity contribution in [2.24, 2.45) is 0 Å². The summed E-state index contributed by atoms with van der Waals surface area (Å²) in [4.78, 5) is 15.4. The van der Waals surface area contributed by atoms with Gasteiger partial charge in [-0.25, -0.2) is 15.0 Å². The zero-order valence-corrected chi connectivity index (χ0v) is 28.3. The number of hydrogen-bond donors (Lipinski definition) is 0. The maximum Gasteiger partial charge on any atom is 0.164 e. The van der Waals surface area contributed by atoms with Gasteiger partial charge in [0.1, 0.15) is 0 Å². The monoisotopic (exact) mass is 667 g/mol. The van der Waals surface area contributed by atoms with Crippen molar-refractivity contribution < 1.29 is 0 Å². The van der Waals surface area contributed by atoms with Crippen molar-refractivity contribution in [2.45, 2.75) is 0 Å². The first-order valence-corrected chi connectivity index (χ1v) is 17.9. The molecule has 238 valence electrons. The summed E-state index contributed by atoms with van der Waals surface area (Å²) in [6.07, 6.45) is 0. The van der Waals surface area contributed by atoms with E-state index >= 15 is 0 Å². The van der Waals surface area contributed by atoms with E-state index < -0.39 is 0 Å². The fourth-order valence-corrected chi connectivity index (χ4v) is 8.56. The van der Waals surface area contributed by atoms with Crippen LogP contribution in [0.3, 0.4) is 0 Å². The standard InChI is InChI=1S/C47H29N3S/c1-4-12-30(13-5-1)31-20-24-36(25-21-31)46-48-45(35-17-8-3-9-18-35)49-47(50-46)37-28-40(32-14-6-2-7-15-32)43-41(29-37)39-27-26-34-23-22-33-16-10-11-19-38(33)42(34)44(39)51-43/h1-29H. The van der Waals surface area contributed by atoms with Crippen LogP contribution in [-0.4, -0.2) is 15.0 Å². The van der Waals surface area contributed by atoms with Gasteiger partial charge in [0.05, 0.1) is 0 Å². The quantitative estimate of drug-likeness (QED) is 0.171. The van der Waals surface area contributed by atoms with Crippen LogP contribution in [0.15, 0.2) is 176 Å². The van der Waals surface area contributed by atoms with Crippen LogP contribution in [0.1, 0.15) is 0 Å². The number of fused-ring (bicyclic) bond motifs is 7. The Hall–Kier alpha value is -6.49. The maximum atomic E-state index is 5.18. The predicted octanol–water partition coefficient (Wildman–Crippen LogP) is 12.9. The van der Waals surface area contributed by atoms with E-state index in [1.54, 1.807) is 0 Å². The number of nitrogens with zero attached hydrogens (tertiary/aromatic N) is 3. The van der Waals surface area contributed by atoms with Gasteiger partial charge in [-0.3, -0.25) is 0 Å². The molecule has 0 N–H and O–H groups in total. The van der Waals surface area contributed by atoms with Crippen LogP contribution in [0.25, 0.3) is 98.1 Å². The van der Waals surface area contributed by atoms with E-state index in [0.29, 0.717) is 17.5 Å². The van der Waals surface area contributed by atoms with E-state index in [1.807, 2.05) is 35.6 Å². The minimum atomic E-state index is 0.646. The molecule has 0 radical (unpaired) electrons. The number of aromatic nitrogens is 3. The van der Waals surface area contributed by atoms with Gasteiger partial charge in [-0.15, -0.1) is 11.3 Å². The molecule has 0 aliphatic heterocycles. The van der Waals surface area contributed by atoms with Crippen LogP contribution in [-0.2, 0) is 0 Å². The van der Waals surface area contributed by atoms with Crippen LogP contribution in [0.4, 0.5) is 0 Å². The molecule has 0 atom stereocenters. The summed E-state index contributed by atoms with van der Waals surface area (Å²) in [5.41, 5.74) is 7.52. The molecule has 0 unspecified atom stereocenters. The number of rotatable bonds is 5. The van der Waals surface area contributed by atoms with Crippen molar-refractivity contribution in [2.75, 3.05) is 0 Å². The SMILES string of the molecule is c1ccc(-c2ccc(-c3nc(-c4ccccc4)nc(-c4cc(-c5ccccc5)c5sc6c(ccc7ccc8ccccc8c76)c5c4)n3)cc2)cc1. The van der Waals surface area contributed by atoms with E-state index in [-0.39, 0.29) is 0 Å². The smallest absolute Gasteiger partial charge is 0.164 e. The van der Waals surface area contributed by atoms with Crippen molar-refractivity contribution in [3.8, 4) is 56.4 Å². The van der Waals surface area contributed by atoms with Gasteiger partial charge in [0, 0.05) is 47.8 Å². The fraction of sp³-hybridized carbons (Fsp3) is 0. The molecule has 4 heteroatoms. The lowest BCUT2D eigenvalue weighted by Gasteiger charge is -2.11. The minimum Gasteiger partial charge on any atom is -0.208 e. The van der Waals surface area contributed by atoms with Crippen molar-refractivity contribution in [1.29, 1.82) is 0 Å². The predicted molar refractivity (Wildman–Crippen MR) is 215 cm³/mol. The molecule has 0 saturated carbocycles. The van der Waals surface area contributed by atoms with Crippen molar-refractivity contribution in [3.05, 3.63) is 176 Å². The Kier molecular flexibility index (Phi) is 7.00. The highest BCUT2D eigenvalue weighted by molar-refractivity contribution is 7.27. The molecule has 51 heavy (non-hydrogen) atoms. The van der Waals surface area contributed by atoms with Crippen molar-refractivity contribution >= 4 is 53.1 Å². The summed E-state index contributed by atoms with van der Waals surface area (Å²) >= 11 is 1.88. The zero-order chi connectivity index (χ0) is 33.7. The van der Waals surface area contributed by atoms with Gasteiger partial charge in [0.25, 0.3) is 0 Å². The molecular weight excluding hydrogens is 639 g/mol. The zero-order valence-electron chi connectivity index (χ0n) is 27.5. The Morgan fingerprint density at radius 1 is 0.314 bits per heavy atom. The molecule has 2 heterocycles. The topological polar surface area (TPSA) is 38.7 Å². The van der Waals surface area contributed by atoms with Gasteiger partial charge in [-0.1, -0.05) is 164 Å². The molecule has 3 nitrogen and oxygen atoms in total. The van der Waals surface area contributed by atoms with Gasteiger partial charge in [-0.05, 0) is 45.0 Å². The first kappa shape index (κ1) is 29.4. The molecule has 0 aliphatic rings. The van der Waals surface area contributed by atoms with E-state index in [2.05, 4.69) is 152 Å². The van der Waals surface area contributed by atoms with Gasteiger partial charge in [0.2, 0.25) is 0 Å². The highest BCUT2D eigenvalue weighted by Gasteiger charge is 2.19. The lowest BCUT2D eigenvalue weighted by Crippen LogP contribution is -2.00. The summed E-state index contributed by atoms with van der Waals surface area (Å²) in [7, 11) is 0. The van der Waals surface area contributed by atoms with Gasteiger partial charge in [-0.2, -0.15) is 0 Å². The molecule has 10 rings (SSSR count). The second-order valence-corrected chi connectivity index (χ2v) is 13.8. The average Bonchev–Trinajstić information content (AvgIpc) is 3.60. The first-order chi connectivity index (χ1) is 25.3. The molecule has 10 aromatic rings. The van der Waals surface area contributed by atoms with E-state index in [9.17, 15) is 0 Å². The Balaban J connectivity index is 1.22. The Labute approximate surface area is 299 Å². The average molecular weight is 668 g/mol. The molecule has 2 aromatic heterocycles. The molecule has 0 saturated heterocycles. The normalized spacial score (nSPS) is 11.5. The van der Waals surface area contributed by atoms with Crippen LogP contribution in [0.5, 0.6) is 0 Å². The third-order valence-electron chi connectivity index (χ3n) is 9.71. The summed E-state index contributed by atoms with van der Waals surface area (Å²) in [5, 5.41) is 7.54. The molecule has 0 spiro atoms. The summed E-state index contributed by atoms with van der Waals surface area (Å²) in [6, 6.07) is 62.0. The molecule has 0 amide bonds. The minimum absolute atomic E-state index is 0.646. The van der Waals surface area contributed by atoms with E-state index in [1.165, 1.54) is 58.4 Å². The maximum absolute atomic E-state index is 5.18. The fourth-order valence-electron chi connectivity index (χ4n) is 7.18.